The van der Waals surface area contributed by atoms with Crippen LogP contribution in [-0.2, 0) is 4.74 Å². The fraction of sp³-hybridized carbons (Fsp3) is 0.630. The van der Waals surface area contributed by atoms with Gasteiger partial charge >= 0.3 is 6.09 Å². The Morgan fingerprint density at radius 1 is 1.12 bits per heavy atom. The molecule has 0 N–H and O–H groups in total. The Hall–Kier alpha value is -2.54. The molecule has 2 unspecified atom stereocenters. The van der Waals surface area contributed by atoms with Gasteiger partial charge in [-0.25, -0.2) is 4.79 Å². The number of allylic oxidation sites excluding steroid dienone is 4. The normalized spacial score (nSPS) is 29.4. The molecular formula is C27H39N5O2. The van der Waals surface area contributed by atoms with Crippen LogP contribution in [0.15, 0.2) is 52.4 Å². The van der Waals surface area contributed by atoms with Crippen molar-refractivity contribution in [3.8, 4) is 0 Å². The van der Waals surface area contributed by atoms with Crippen molar-refractivity contribution < 1.29 is 9.53 Å². The van der Waals surface area contributed by atoms with Gasteiger partial charge in [0.05, 0.1) is 18.0 Å². The fourth-order valence-corrected chi connectivity index (χ4v) is 5.91. The topological polar surface area (TPSA) is 51.6 Å². The second kappa shape index (κ2) is 9.98. The van der Waals surface area contributed by atoms with Crippen molar-refractivity contribution in [1.82, 2.24) is 19.7 Å². The van der Waals surface area contributed by atoms with Crippen molar-refractivity contribution >= 4 is 12.3 Å². The summed E-state index contributed by atoms with van der Waals surface area (Å²) in [5, 5.41) is 6.83. The van der Waals surface area contributed by atoms with Crippen LogP contribution in [-0.4, -0.2) is 90.5 Å². The summed E-state index contributed by atoms with van der Waals surface area (Å²) in [6.07, 6.45) is 16.1. The summed E-state index contributed by atoms with van der Waals surface area (Å²) in [7, 11) is 0. The van der Waals surface area contributed by atoms with Crippen molar-refractivity contribution in [2.45, 2.75) is 39.7 Å². The molecule has 184 valence electrons. The summed E-state index contributed by atoms with van der Waals surface area (Å²) in [4.78, 5) is 18.8. The number of fused-ring (bicyclic) bond motifs is 1. The average Bonchev–Trinajstić information content (AvgIpc) is 3.52. The summed E-state index contributed by atoms with van der Waals surface area (Å²) in [6.45, 7) is 13.3. The van der Waals surface area contributed by atoms with E-state index in [2.05, 4.69) is 64.1 Å². The van der Waals surface area contributed by atoms with E-state index in [-0.39, 0.29) is 6.09 Å². The van der Waals surface area contributed by atoms with Crippen LogP contribution in [0.2, 0.25) is 0 Å². The molecule has 0 spiro atoms. The summed E-state index contributed by atoms with van der Waals surface area (Å²) in [5.41, 5.74) is 4.00. The lowest BCUT2D eigenvalue weighted by Gasteiger charge is -2.38. The average molecular weight is 466 g/mol. The maximum absolute atomic E-state index is 12.1. The molecule has 5 rings (SSSR count). The van der Waals surface area contributed by atoms with Gasteiger partial charge < -0.3 is 19.4 Å². The predicted octanol–water partition coefficient (Wildman–Crippen LogP) is 3.69. The Kier molecular flexibility index (Phi) is 6.82. The Labute approximate surface area is 204 Å². The third kappa shape index (κ3) is 4.67. The summed E-state index contributed by atoms with van der Waals surface area (Å²) in [6, 6.07) is 0.643. The number of amides is 1. The van der Waals surface area contributed by atoms with Crippen molar-refractivity contribution in [2.24, 2.45) is 22.9 Å². The predicted molar refractivity (Wildman–Crippen MR) is 135 cm³/mol. The van der Waals surface area contributed by atoms with Gasteiger partial charge in [0.15, 0.2) is 0 Å². The molecule has 4 aliphatic heterocycles. The molecule has 4 heterocycles. The van der Waals surface area contributed by atoms with E-state index in [4.69, 9.17) is 4.74 Å². The highest BCUT2D eigenvalue weighted by molar-refractivity contribution is 5.75. The lowest BCUT2D eigenvalue weighted by molar-refractivity contribution is 0.0865. The first-order chi connectivity index (χ1) is 16.5. The van der Waals surface area contributed by atoms with Crippen LogP contribution >= 0.6 is 0 Å². The molecule has 0 aromatic carbocycles. The zero-order valence-electron chi connectivity index (χ0n) is 20.9. The van der Waals surface area contributed by atoms with Crippen molar-refractivity contribution in [3.05, 3.63) is 47.3 Å². The maximum atomic E-state index is 12.1. The number of hydrogen-bond acceptors (Lipinski definition) is 6. The Bertz CT molecular complexity index is 925. The molecule has 1 aliphatic carbocycles. The number of hydrazone groups is 1. The first-order valence-corrected chi connectivity index (χ1v) is 13.1. The molecule has 2 saturated heterocycles. The molecule has 7 nitrogen and oxygen atoms in total. The maximum Gasteiger partial charge on any atom is 0.409 e. The fourth-order valence-electron chi connectivity index (χ4n) is 5.91. The summed E-state index contributed by atoms with van der Waals surface area (Å²) < 4.78 is 5.17. The largest absolute Gasteiger partial charge is 0.450 e. The SMILES string of the molecule is CCOC(=O)N1CCN(C2=CC=NN3CC(C4C=CC([C@H]5CCN(C(C)C)C5)=CC4)C=C23)CC1. The van der Waals surface area contributed by atoms with E-state index >= 15 is 0 Å². The highest BCUT2D eigenvalue weighted by Crippen LogP contribution is 2.38. The van der Waals surface area contributed by atoms with E-state index in [9.17, 15) is 4.79 Å². The van der Waals surface area contributed by atoms with Crippen LogP contribution in [0.5, 0.6) is 0 Å². The molecule has 0 radical (unpaired) electrons. The molecule has 0 aromatic rings. The lowest BCUT2D eigenvalue weighted by atomic mass is 9.83. The number of piperazine rings is 1. The third-order valence-corrected chi connectivity index (χ3v) is 8.01. The van der Waals surface area contributed by atoms with Crippen LogP contribution < -0.4 is 0 Å². The molecule has 2 fully saturated rings. The van der Waals surface area contributed by atoms with Crippen LogP contribution in [0.4, 0.5) is 4.79 Å². The molecule has 1 amide bonds. The second-order valence-electron chi connectivity index (χ2n) is 10.3. The second-order valence-corrected chi connectivity index (χ2v) is 10.3. The van der Waals surface area contributed by atoms with Crippen molar-refractivity contribution in [2.75, 3.05) is 52.4 Å². The van der Waals surface area contributed by atoms with E-state index in [1.165, 1.54) is 30.9 Å². The molecule has 0 aromatic heterocycles. The minimum absolute atomic E-state index is 0.200. The van der Waals surface area contributed by atoms with Gasteiger partial charge in [-0.1, -0.05) is 24.3 Å². The molecular weight excluding hydrogens is 426 g/mol. The highest BCUT2D eigenvalue weighted by Gasteiger charge is 2.35. The minimum Gasteiger partial charge on any atom is -0.450 e. The van der Waals surface area contributed by atoms with Gasteiger partial charge in [-0.15, -0.1) is 0 Å². The first-order valence-electron chi connectivity index (χ1n) is 13.1. The van der Waals surface area contributed by atoms with E-state index in [0.717, 1.165) is 26.1 Å². The first kappa shape index (κ1) is 23.2. The summed E-state index contributed by atoms with van der Waals surface area (Å²) >= 11 is 0. The van der Waals surface area contributed by atoms with Gasteiger partial charge in [-0.3, -0.25) is 5.01 Å². The van der Waals surface area contributed by atoms with Crippen LogP contribution in [0.25, 0.3) is 0 Å². The summed E-state index contributed by atoms with van der Waals surface area (Å²) in [5.74, 6) is 1.70. The van der Waals surface area contributed by atoms with Crippen LogP contribution in [0.1, 0.15) is 33.6 Å². The number of ether oxygens (including phenoxy) is 1. The number of carbonyl (C=O) groups excluding carboxylic acids is 1. The minimum atomic E-state index is -0.200. The molecule has 34 heavy (non-hydrogen) atoms. The highest BCUT2D eigenvalue weighted by atomic mass is 16.6. The zero-order valence-corrected chi connectivity index (χ0v) is 20.9. The molecule has 3 atom stereocenters. The van der Waals surface area contributed by atoms with Gasteiger partial charge in [-0.2, -0.15) is 5.10 Å². The smallest absolute Gasteiger partial charge is 0.409 e. The number of rotatable bonds is 5. The Balaban J connectivity index is 1.19. The number of nitrogens with zero attached hydrogens (tertiary/aromatic N) is 5. The van der Waals surface area contributed by atoms with E-state index < -0.39 is 0 Å². The lowest BCUT2D eigenvalue weighted by Crippen LogP contribution is -2.49. The molecule has 0 saturated carbocycles. The molecule has 0 bridgehead atoms. The van der Waals surface area contributed by atoms with Gasteiger partial charge in [-0.05, 0) is 63.6 Å². The number of carbonyl (C=O) groups is 1. The Morgan fingerprint density at radius 2 is 1.94 bits per heavy atom. The monoisotopic (exact) mass is 465 g/mol. The van der Waals surface area contributed by atoms with Crippen molar-refractivity contribution in [3.63, 3.8) is 0 Å². The number of likely N-dealkylation sites (tertiary alicyclic amines) is 1. The van der Waals surface area contributed by atoms with Crippen LogP contribution in [0, 0.1) is 17.8 Å². The van der Waals surface area contributed by atoms with E-state index in [0.29, 0.717) is 43.5 Å². The zero-order chi connectivity index (χ0) is 23.7. The quantitative estimate of drug-likeness (QED) is 0.620. The molecule has 7 heteroatoms. The Morgan fingerprint density at radius 3 is 2.62 bits per heavy atom. The van der Waals surface area contributed by atoms with Gasteiger partial charge in [0.2, 0.25) is 0 Å². The standard InChI is InChI=1S/C27H39N5O2/c1-4-34-27(33)30-15-13-29(14-16-30)25-9-11-28-32-19-24(17-26(25)32)22-7-5-21(6-8-22)23-10-12-31(18-23)20(2)3/h5-7,9,11,17,20,22-24H,4,8,10,12-16,18-19H2,1-3H3/t22?,23-,24?/m0/s1. The van der Waals surface area contributed by atoms with Gasteiger partial charge in [0, 0.05) is 57.4 Å². The van der Waals surface area contributed by atoms with Crippen LogP contribution in [0.3, 0.4) is 0 Å². The van der Waals surface area contributed by atoms with Gasteiger partial charge in [0.1, 0.15) is 0 Å². The van der Waals surface area contributed by atoms with Crippen molar-refractivity contribution in [1.29, 1.82) is 0 Å². The van der Waals surface area contributed by atoms with E-state index in [1.807, 2.05) is 18.0 Å². The van der Waals surface area contributed by atoms with Gasteiger partial charge in [0.25, 0.3) is 0 Å². The number of hydrogen-bond donors (Lipinski definition) is 0. The van der Waals surface area contributed by atoms with E-state index in [1.54, 1.807) is 5.57 Å². The molecule has 5 aliphatic rings. The third-order valence-electron chi connectivity index (χ3n) is 8.01.